The first-order valence-corrected chi connectivity index (χ1v) is 7.48. The van der Waals surface area contributed by atoms with Crippen molar-refractivity contribution in [3.05, 3.63) is 29.5 Å². The first kappa shape index (κ1) is 18.6. The highest BCUT2D eigenvalue weighted by atomic mass is 19.4. The van der Waals surface area contributed by atoms with Crippen LogP contribution in [0.3, 0.4) is 0 Å². The van der Waals surface area contributed by atoms with Gasteiger partial charge in [-0.1, -0.05) is 0 Å². The third kappa shape index (κ3) is 4.65. The number of halogens is 3. The van der Waals surface area contributed by atoms with Crippen LogP contribution in [0.5, 0.6) is 5.75 Å². The van der Waals surface area contributed by atoms with Gasteiger partial charge in [-0.15, -0.1) is 13.2 Å². The molecule has 6 nitrogen and oxygen atoms in total. The summed E-state index contributed by atoms with van der Waals surface area (Å²) in [5.74, 6) is -1.72. The fraction of sp³-hybridized carbons (Fsp3) is 0.375. The first-order valence-electron chi connectivity index (χ1n) is 7.48. The van der Waals surface area contributed by atoms with Crippen molar-refractivity contribution in [2.75, 3.05) is 13.2 Å². The van der Waals surface area contributed by atoms with Crippen molar-refractivity contribution in [1.82, 2.24) is 4.98 Å². The number of H-pyrrole nitrogens is 1. The van der Waals surface area contributed by atoms with E-state index in [2.05, 4.69) is 9.72 Å². The molecule has 0 aliphatic carbocycles. The molecule has 0 saturated heterocycles. The molecule has 1 N–H and O–H groups in total. The summed E-state index contributed by atoms with van der Waals surface area (Å²) in [5, 5.41) is 0.408. The molecule has 2 aromatic rings. The van der Waals surface area contributed by atoms with E-state index in [1.165, 1.54) is 6.07 Å². The molecule has 1 aromatic carbocycles. The van der Waals surface area contributed by atoms with E-state index >= 15 is 0 Å². The van der Waals surface area contributed by atoms with E-state index in [9.17, 15) is 22.8 Å². The highest BCUT2D eigenvalue weighted by molar-refractivity contribution is 6.00. The van der Waals surface area contributed by atoms with Crippen LogP contribution in [0.2, 0.25) is 0 Å². The van der Waals surface area contributed by atoms with Crippen LogP contribution in [0.15, 0.2) is 18.2 Å². The van der Waals surface area contributed by atoms with Gasteiger partial charge in [-0.2, -0.15) is 0 Å². The lowest BCUT2D eigenvalue weighted by Gasteiger charge is -2.08. The van der Waals surface area contributed by atoms with Crippen LogP contribution in [0.1, 0.15) is 29.9 Å². The minimum Gasteiger partial charge on any atom is -0.466 e. The van der Waals surface area contributed by atoms with Gasteiger partial charge in [-0.25, -0.2) is 4.79 Å². The molecule has 0 aliphatic heterocycles. The predicted molar refractivity (Wildman–Crippen MR) is 81.3 cm³/mol. The number of hydrogen-bond acceptors (Lipinski definition) is 5. The lowest BCUT2D eigenvalue weighted by atomic mass is 10.1. The Balaban J connectivity index is 2.47. The minimum atomic E-state index is -4.84. The van der Waals surface area contributed by atoms with Gasteiger partial charge in [0, 0.05) is 17.0 Å². The Morgan fingerprint density at radius 1 is 1.12 bits per heavy atom. The van der Waals surface area contributed by atoms with Gasteiger partial charge in [0.15, 0.2) is 0 Å². The number of rotatable bonds is 6. The fourth-order valence-electron chi connectivity index (χ4n) is 2.35. The van der Waals surface area contributed by atoms with Crippen LogP contribution in [-0.2, 0) is 20.7 Å². The van der Waals surface area contributed by atoms with Crippen LogP contribution < -0.4 is 4.74 Å². The summed E-state index contributed by atoms with van der Waals surface area (Å²) >= 11 is 0. The van der Waals surface area contributed by atoms with Crippen molar-refractivity contribution in [2.24, 2.45) is 0 Å². The van der Waals surface area contributed by atoms with Gasteiger partial charge in [0.25, 0.3) is 0 Å². The molecule has 136 valence electrons. The van der Waals surface area contributed by atoms with E-state index in [0.29, 0.717) is 10.9 Å². The van der Waals surface area contributed by atoms with E-state index < -0.39 is 24.1 Å². The van der Waals surface area contributed by atoms with Crippen molar-refractivity contribution >= 4 is 22.8 Å². The highest BCUT2D eigenvalue weighted by Gasteiger charge is 2.31. The average Bonchev–Trinajstić information content (AvgIpc) is 2.84. The second-order valence-electron chi connectivity index (χ2n) is 4.94. The smallest absolute Gasteiger partial charge is 0.466 e. The molecule has 9 heteroatoms. The minimum absolute atomic E-state index is 0.00550. The summed E-state index contributed by atoms with van der Waals surface area (Å²) in [7, 11) is 0. The Morgan fingerprint density at radius 2 is 1.80 bits per heavy atom. The monoisotopic (exact) mass is 359 g/mol. The molecule has 2 rings (SSSR count). The van der Waals surface area contributed by atoms with Gasteiger partial charge in [0.05, 0.1) is 25.2 Å². The standard InChI is InChI=1S/C16H16F3NO5/c1-3-23-13(21)8-11-10-6-5-9(25-16(17,18)19)7-12(10)20-14(11)15(22)24-4-2/h5-7,20H,3-4,8H2,1-2H3. The lowest BCUT2D eigenvalue weighted by Crippen LogP contribution is -2.16. The van der Waals surface area contributed by atoms with Crippen molar-refractivity contribution in [3.63, 3.8) is 0 Å². The number of nitrogens with one attached hydrogen (secondary N) is 1. The topological polar surface area (TPSA) is 77.6 Å². The molecule has 0 saturated carbocycles. The van der Waals surface area contributed by atoms with Crippen molar-refractivity contribution in [3.8, 4) is 5.75 Å². The number of fused-ring (bicyclic) bond motifs is 1. The van der Waals surface area contributed by atoms with Gasteiger partial charge in [-0.3, -0.25) is 4.79 Å². The number of carbonyl (C=O) groups is 2. The third-order valence-corrected chi connectivity index (χ3v) is 3.22. The molecule has 0 amide bonds. The van der Waals surface area contributed by atoms with E-state index in [0.717, 1.165) is 12.1 Å². The Bertz CT molecular complexity index is 782. The molecule has 0 fully saturated rings. The van der Waals surface area contributed by atoms with E-state index in [1.54, 1.807) is 13.8 Å². The maximum absolute atomic E-state index is 12.3. The van der Waals surface area contributed by atoms with Crippen LogP contribution in [-0.4, -0.2) is 36.5 Å². The van der Waals surface area contributed by atoms with Gasteiger partial charge in [-0.05, 0) is 26.0 Å². The second-order valence-corrected chi connectivity index (χ2v) is 4.94. The first-order chi connectivity index (χ1) is 11.7. The number of ether oxygens (including phenoxy) is 3. The van der Waals surface area contributed by atoms with Crippen LogP contribution in [0.4, 0.5) is 13.2 Å². The number of aromatic amines is 1. The maximum Gasteiger partial charge on any atom is 0.573 e. The molecule has 0 bridgehead atoms. The van der Waals surface area contributed by atoms with Gasteiger partial charge >= 0.3 is 18.3 Å². The summed E-state index contributed by atoms with van der Waals surface area (Å²) in [6.45, 7) is 3.52. The summed E-state index contributed by atoms with van der Waals surface area (Å²) in [4.78, 5) is 26.5. The zero-order valence-electron chi connectivity index (χ0n) is 13.5. The SMILES string of the molecule is CCOC(=O)Cc1c(C(=O)OCC)[nH]c2cc(OC(F)(F)F)ccc12. The molecule has 1 heterocycles. The van der Waals surface area contributed by atoms with Gasteiger partial charge in [0.1, 0.15) is 11.4 Å². The molecule has 0 atom stereocenters. The number of hydrogen-bond donors (Lipinski definition) is 1. The number of alkyl halides is 3. The maximum atomic E-state index is 12.3. The number of aromatic nitrogens is 1. The van der Waals surface area contributed by atoms with E-state index in [1.807, 2.05) is 0 Å². The number of esters is 2. The van der Waals surface area contributed by atoms with Crippen molar-refractivity contribution < 1.29 is 37.0 Å². The molecule has 0 spiro atoms. The predicted octanol–water partition coefficient (Wildman–Crippen LogP) is 3.35. The zero-order valence-corrected chi connectivity index (χ0v) is 13.5. The number of benzene rings is 1. The normalized spacial score (nSPS) is 11.4. The molecule has 0 aliphatic rings. The highest BCUT2D eigenvalue weighted by Crippen LogP contribution is 2.30. The largest absolute Gasteiger partial charge is 0.573 e. The average molecular weight is 359 g/mol. The molecular weight excluding hydrogens is 343 g/mol. The van der Waals surface area contributed by atoms with Crippen molar-refractivity contribution in [1.29, 1.82) is 0 Å². The summed E-state index contributed by atoms with van der Waals surface area (Å²) in [6.07, 6.45) is -5.06. The summed E-state index contributed by atoms with van der Waals surface area (Å²) in [6, 6.07) is 3.54. The van der Waals surface area contributed by atoms with Crippen LogP contribution in [0.25, 0.3) is 10.9 Å². The van der Waals surface area contributed by atoms with E-state index in [4.69, 9.17) is 9.47 Å². The third-order valence-electron chi connectivity index (χ3n) is 3.22. The van der Waals surface area contributed by atoms with Gasteiger partial charge in [0.2, 0.25) is 0 Å². The number of carbonyl (C=O) groups excluding carboxylic acids is 2. The second kappa shape index (κ2) is 7.45. The molecule has 25 heavy (non-hydrogen) atoms. The Labute approximate surface area is 140 Å². The Morgan fingerprint density at radius 3 is 2.40 bits per heavy atom. The lowest BCUT2D eigenvalue weighted by molar-refractivity contribution is -0.274. The van der Waals surface area contributed by atoms with Gasteiger partial charge < -0.3 is 19.2 Å². The fourth-order valence-corrected chi connectivity index (χ4v) is 2.35. The summed E-state index contributed by atoms with van der Waals surface area (Å²) < 4.78 is 50.7. The quantitative estimate of drug-likeness (QED) is 0.801. The Kier molecular flexibility index (Phi) is 5.55. The molecule has 1 aromatic heterocycles. The molecule has 0 unspecified atom stereocenters. The van der Waals surface area contributed by atoms with Crippen LogP contribution in [0, 0.1) is 0 Å². The Hall–Kier alpha value is -2.71. The molecule has 0 radical (unpaired) electrons. The zero-order chi connectivity index (χ0) is 18.6. The summed E-state index contributed by atoms with van der Waals surface area (Å²) in [5.41, 5.74) is 0.503. The molecular formula is C16H16F3NO5. The van der Waals surface area contributed by atoms with Crippen LogP contribution >= 0.6 is 0 Å². The van der Waals surface area contributed by atoms with Crippen molar-refractivity contribution in [2.45, 2.75) is 26.6 Å². The van der Waals surface area contributed by atoms with E-state index in [-0.39, 0.29) is 30.8 Å².